The van der Waals surface area contributed by atoms with E-state index in [9.17, 15) is 9.59 Å². The van der Waals surface area contributed by atoms with Crippen LogP contribution in [-0.4, -0.2) is 16.9 Å². The molecule has 3 heteroatoms. The summed E-state index contributed by atoms with van der Waals surface area (Å²) < 4.78 is 0. The Kier molecular flexibility index (Phi) is 3.18. The van der Waals surface area contributed by atoms with Crippen molar-refractivity contribution in [3.8, 4) is 0 Å². The smallest absolute Gasteiger partial charge is 0.173 e. The molecule has 3 fully saturated rings. The van der Waals surface area contributed by atoms with Crippen LogP contribution in [0, 0.1) is 28.6 Å². The predicted octanol–water partition coefficient (Wildman–Crippen LogP) is 4.30. The fourth-order valence-corrected chi connectivity index (χ4v) is 6.74. The Labute approximate surface area is 137 Å². The highest BCUT2D eigenvalue weighted by atomic mass is 35.5. The molecule has 0 aromatic heterocycles. The van der Waals surface area contributed by atoms with Crippen molar-refractivity contribution in [3.05, 3.63) is 11.6 Å². The second kappa shape index (κ2) is 4.69. The highest BCUT2D eigenvalue weighted by molar-refractivity contribution is 6.33. The van der Waals surface area contributed by atoms with Gasteiger partial charge in [-0.15, -0.1) is 11.6 Å². The van der Waals surface area contributed by atoms with Crippen LogP contribution in [0.25, 0.3) is 0 Å². The van der Waals surface area contributed by atoms with E-state index in [2.05, 4.69) is 13.8 Å². The summed E-state index contributed by atoms with van der Waals surface area (Å²) in [7, 11) is 0. The Hall–Kier alpha value is -0.630. The molecule has 0 aromatic rings. The van der Waals surface area contributed by atoms with E-state index in [4.69, 9.17) is 11.6 Å². The molecule has 4 aliphatic carbocycles. The first-order valence-electron chi connectivity index (χ1n) is 8.78. The topological polar surface area (TPSA) is 34.1 Å². The van der Waals surface area contributed by atoms with Crippen molar-refractivity contribution >= 4 is 23.2 Å². The van der Waals surface area contributed by atoms with Gasteiger partial charge >= 0.3 is 0 Å². The molecule has 2 nitrogen and oxygen atoms in total. The van der Waals surface area contributed by atoms with Crippen molar-refractivity contribution in [2.75, 3.05) is 0 Å². The normalized spacial score (nSPS) is 51.0. The van der Waals surface area contributed by atoms with Gasteiger partial charge in [-0.05, 0) is 67.8 Å². The standard InChI is InChI=1S/C19H25ClO2/c1-18-8-7-14-12(13(18)5-6-17(18)22)4-3-11-9-16(21)15(20)10-19(11,14)2/h9,12-15H,3-8,10H2,1-2H3/t12-,13-,14-,15?,18-,19-/m0/s1. The number of Topliss-reactive ketones (excluding diaryl/α,β-unsaturated/α-hetero) is 1. The number of rotatable bonds is 0. The fraction of sp³-hybridized carbons (Fsp3) is 0.789. The van der Waals surface area contributed by atoms with Crippen molar-refractivity contribution in [3.63, 3.8) is 0 Å². The van der Waals surface area contributed by atoms with E-state index in [0.29, 0.717) is 23.5 Å². The molecule has 120 valence electrons. The summed E-state index contributed by atoms with van der Waals surface area (Å²) in [6.07, 6.45) is 8.82. The summed E-state index contributed by atoms with van der Waals surface area (Å²) in [6.45, 7) is 4.54. The van der Waals surface area contributed by atoms with Crippen LogP contribution in [0.2, 0.25) is 0 Å². The maximum absolute atomic E-state index is 12.4. The molecule has 1 unspecified atom stereocenters. The van der Waals surface area contributed by atoms with Crippen LogP contribution in [0.15, 0.2) is 11.6 Å². The lowest BCUT2D eigenvalue weighted by Crippen LogP contribution is -2.51. The zero-order valence-corrected chi connectivity index (χ0v) is 14.3. The molecular formula is C19H25ClO2. The number of fused-ring (bicyclic) bond motifs is 5. The summed E-state index contributed by atoms with van der Waals surface area (Å²) in [6, 6.07) is 0. The lowest BCUT2D eigenvalue weighted by atomic mass is 9.47. The molecule has 0 amide bonds. The van der Waals surface area contributed by atoms with E-state index >= 15 is 0 Å². The van der Waals surface area contributed by atoms with Crippen molar-refractivity contribution in [2.45, 2.75) is 64.2 Å². The van der Waals surface area contributed by atoms with Gasteiger partial charge < -0.3 is 0 Å². The van der Waals surface area contributed by atoms with E-state index < -0.39 is 0 Å². The van der Waals surface area contributed by atoms with E-state index in [1.807, 2.05) is 6.08 Å². The molecule has 22 heavy (non-hydrogen) atoms. The van der Waals surface area contributed by atoms with E-state index in [1.54, 1.807) is 0 Å². The van der Waals surface area contributed by atoms with Crippen molar-refractivity contribution in [1.29, 1.82) is 0 Å². The molecule has 0 spiro atoms. The van der Waals surface area contributed by atoms with Gasteiger partial charge in [-0.25, -0.2) is 0 Å². The molecule has 4 rings (SSSR count). The van der Waals surface area contributed by atoms with Crippen molar-refractivity contribution in [1.82, 2.24) is 0 Å². The van der Waals surface area contributed by atoms with E-state index in [0.717, 1.165) is 44.9 Å². The first-order valence-corrected chi connectivity index (χ1v) is 9.22. The molecule has 3 saturated carbocycles. The fourth-order valence-electron chi connectivity index (χ4n) is 6.35. The van der Waals surface area contributed by atoms with Gasteiger partial charge in [-0.3, -0.25) is 9.59 Å². The van der Waals surface area contributed by atoms with Gasteiger partial charge in [0.2, 0.25) is 0 Å². The molecule has 0 aliphatic heterocycles. The van der Waals surface area contributed by atoms with Gasteiger partial charge in [-0.1, -0.05) is 19.4 Å². The third kappa shape index (κ3) is 1.79. The van der Waals surface area contributed by atoms with Gasteiger partial charge in [0.1, 0.15) is 5.78 Å². The number of ketones is 2. The van der Waals surface area contributed by atoms with Crippen LogP contribution < -0.4 is 0 Å². The molecule has 0 bridgehead atoms. The third-order valence-electron chi connectivity index (χ3n) is 7.67. The average molecular weight is 321 g/mol. The number of hydrogen-bond donors (Lipinski definition) is 0. The minimum atomic E-state index is -0.356. The number of carbonyl (C=O) groups is 2. The second-order valence-electron chi connectivity index (χ2n) is 8.49. The summed E-state index contributed by atoms with van der Waals surface area (Å²) in [5, 5.41) is -0.356. The highest BCUT2D eigenvalue weighted by Gasteiger charge is 2.59. The zero-order chi connectivity index (χ0) is 15.7. The van der Waals surface area contributed by atoms with Gasteiger partial charge in [-0.2, -0.15) is 0 Å². The SMILES string of the molecule is C[C@]12CC(Cl)C(=O)C=C1CC[C@@H]1[C@@H]2CC[C@]2(C)C(=O)CC[C@@H]12. The maximum atomic E-state index is 12.4. The van der Waals surface area contributed by atoms with Crippen LogP contribution in [0.1, 0.15) is 58.8 Å². The summed E-state index contributed by atoms with van der Waals surface area (Å²) in [5.41, 5.74) is 1.35. The average Bonchev–Trinajstić information content (AvgIpc) is 2.77. The molecule has 0 heterocycles. The van der Waals surface area contributed by atoms with Crippen LogP contribution in [0.5, 0.6) is 0 Å². The minimum absolute atomic E-state index is 0.0659. The summed E-state index contributed by atoms with van der Waals surface area (Å²) >= 11 is 6.32. The van der Waals surface area contributed by atoms with Crippen LogP contribution in [0.4, 0.5) is 0 Å². The second-order valence-corrected chi connectivity index (χ2v) is 9.02. The Morgan fingerprint density at radius 3 is 2.55 bits per heavy atom. The van der Waals surface area contributed by atoms with Crippen molar-refractivity contribution < 1.29 is 9.59 Å². The summed E-state index contributed by atoms with van der Waals surface area (Å²) in [5.74, 6) is 2.40. The molecule has 0 saturated heterocycles. The first kappa shape index (κ1) is 14.9. The lowest BCUT2D eigenvalue weighted by molar-refractivity contribution is -0.132. The zero-order valence-electron chi connectivity index (χ0n) is 13.5. The van der Waals surface area contributed by atoms with E-state index in [-0.39, 0.29) is 22.0 Å². The maximum Gasteiger partial charge on any atom is 0.173 e. The Bertz CT molecular complexity index is 580. The summed E-state index contributed by atoms with van der Waals surface area (Å²) in [4.78, 5) is 24.4. The largest absolute Gasteiger partial charge is 0.299 e. The van der Waals surface area contributed by atoms with Gasteiger partial charge in [0, 0.05) is 11.8 Å². The van der Waals surface area contributed by atoms with Crippen LogP contribution in [-0.2, 0) is 9.59 Å². The van der Waals surface area contributed by atoms with Crippen molar-refractivity contribution in [2.24, 2.45) is 28.6 Å². The predicted molar refractivity (Wildman–Crippen MR) is 86.7 cm³/mol. The molecule has 0 N–H and O–H groups in total. The Morgan fingerprint density at radius 1 is 1.05 bits per heavy atom. The number of hydrogen-bond acceptors (Lipinski definition) is 2. The Balaban J connectivity index is 1.71. The number of alkyl halides is 1. The lowest BCUT2D eigenvalue weighted by Gasteiger charge is -2.57. The monoisotopic (exact) mass is 320 g/mol. The number of allylic oxidation sites excluding steroid dienone is 1. The van der Waals surface area contributed by atoms with Gasteiger partial charge in [0.25, 0.3) is 0 Å². The van der Waals surface area contributed by atoms with E-state index in [1.165, 1.54) is 5.57 Å². The van der Waals surface area contributed by atoms with Crippen LogP contribution >= 0.6 is 11.6 Å². The molecular weight excluding hydrogens is 296 g/mol. The molecule has 0 radical (unpaired) electrons. The number of halogens is 1. The third-order valence-corrected chi connectivity index (χ3v) is 8.04. The quantitative estimate of drug-likeness (QED) is 0.623. The van der Waals surface area contributed by atoms with Gasteiger partial charge in [0.15, 0.2) is 5.78 Å². The molecule has 6 atom stereocenters. The van der Waals surface area contributed by atoms with Crippen LogP contribution in [0.3, 0.4) is 0 Å². The number of carbonyl (C=O) groups excluding carboxylic acids is 2. The first-order chi connectivity index (χ1) is 10.4. The van der Waals surface area contributed by atoms with Gasteiger partial charge in [0.05, 0.1) is 5.38 Å². The molecule has 0 aromatic carbocycles. The minimum Gasteiger partial charge on any atom is -0.299 e. The molecule has 4 aliphatic rings. The highest BCUT2D eigenvalue weighted by Crippen LogP contribution is 2.64. The Morgan fingerprint density at radius 2 is 1.77 bits per heavy atom.